The molecule has 1 amide bonds. The molecule has 0 N–H and O–H groups in total. The van der Waals surface area contributed by atoms with E-state index in [-0.39, 0.29) is 6.42 Å². The van der Waals surface area contributed by atoms with E-state index in [1.54, 1.807) is 0 Å². The number of nitrogens with zero attached hydrogens (tertiary/aromatic N) is 1. The molecule has 1 aliphatic heterocycles. The van der Waals surface area contributed by atoms with Gasteiger partial charge in [-0.05, 0) is 0 Å². The second-order valence-electron chi connectivity index (χ2n) is 6.30. The van der Waals surface area contributed by atoms with Crippen LogP contribution in [0.3, 0.4) is 0 Å². The molecule has 0 unspecified atom stereocenters. The Hall–Kier alpha value is -2.40. The van der Waals surface area contributed by atoms with Crippen LogP contribution in [0.5, 0.6) is 0 Å². The zero-order valence-corrected chi connectivity index (χ0v) is 18.5. The van der Waals surface area contributed by atoms with E-state index in [0.29, 0.717) is 0 Å². The zero-order chi connectivity index (χ0) is 21.0. The molecule has 1 aliphatic rings. The number of carbonyl (C=O) groups is 3. The van der Waals surface area contributed by atoms with Crippen molar-refractivity contribution in [3.63, 3.8) is 0 Å². The molecule has 1 fully saturated rings. The number of hydrogen-bond acceptors (Lipinski definition) is 6. The Morgan fingerprint density at radius 1 is 0.862 bits per heavy atom. The van der Waals surface area contributed by atoms with E-state index in [1.807, 2.05) is 60.7 Å². The second-order valence-corrected chi connectivity index (χ2v) is 11.9. The molecule has 2 atom stereocenters. The summed E-state index contributed by atoms with van der Waals surface area (Å²) in [5, 5.41) is 1.62. The molecule has 1 heterocycles. The van der Waals surface area contributed by atoms with Gasteiger partial charge in [0.2, 0.25) is 0 Å². The van der Waals surface area contributed by atoms with E-state index < -0.39 is 35.9 Å². The van der Waals surface area contributed by atoms with Crippen LogP contribution in [0.15, 0.2) is 60.7 Å². The number of rotatable bonds is 5. The van der Waals surface area contributed by atoms with E-state index in [0.717, 1.165) is 15.5 Å². The molecule has 152 valence electrons. The van der Waals surface area contributed by atoms with Gasteiger partial charge in [-0.2, -0.15) is 0 Å². The normalized spacial score (nSPS) is 18.3. The van der Waals surface area contributed by atoms with Crippen LogP contribution in [0.1, 0.15) is 6.42 Å². The van der Waals surface area contributed by atoms with Gasteiger partial charge in [0, 0.05) is 0 Å². The Balaban J connectivity index is 1.96. The van der Waals surface area contributed by atoms with Gasteiger partial charge in [-0.15, -0.1) is 0 Å². The van der Waals surface area contributed by atoms with Crippen molar-refractivity contribution < 1.29 is 28.4 Å². The van der Waals surface area contributed by atoms with Crippen LogP contribution in [0.25, 0.3) is 0 Å². The van der Waals surface area contributed by atoms with E-state index in [1.165, 1.54) is 14.2 Å². The van der Waals surface area contributed by atoms with E-state index in [4.69, 9.17) is 14.0 Å². The molecule has 0 saturated carbocycles. The number of methoxy groups -OCH3 is 2. The van der Waals surface area contributed by atoms with Gasteiger partial charge < -0.3 is 0 Å². The first kappa shape index (κ1) is 21.3. The Morgan fingerprint density at radius 2 is 1.28 bits per heavy atom. The molecule has 3 rings (SSSR count). The summed E-state index contributed by atoms with van der Waals surface area (Å²) in [6, 6.07) is 16.9. The minimum absolute atomic E-state index is 0.129. The molecule has 0 aromatic heterocycles. The summed E-state index contributed by atoms with van der Waals surface area (Å²) in [4.78, 5) is 38.3. The Morgan fingerprint density at radius 3 is 1.66 bits per heavy atom. The first-order chi connectivity index (χ1) is 13.9. The van der Waals surface area contributed by atoms with Crippen molar-refractivity contribution in [1.82, 2.24) is 4.90 Å². The van der Waals surface area contributed by atoms with Crippen LogP contribution in [0.2, 0.25) is 0 Å². The van der Waals surface area contributed by atoms with E-state index >= 15 is 0 Å². The predicted octanol–water partition coefficient (Wildman–Crippen LogP) is 1.58. The summed E-state index contributed by atoms with van der Waals surface area (Å²) in [5.41, 5.74) is -2.71. The van der Waals surface area contributed by atoms with Crippen molar-refractivity contribution in [1.29, 1.82) is 0 Å². The molecule has 9 heteroatoms. The van der Waals surface area contributed by atoms with Crippen LogP contribution < -0.4 is 10.6 Å². The number of esters is 2. The van der Waals surface area contributed by atoms with Gasteiger partial charge in [0.1, 0.15) is 0 Å². The fourth-order valence-electron chi connectivity index (χ4n) is 3.12. The molecular formula is C20H20NO6PSe. The summed E-state index contributed by atoms with van der Waals surface area (Å²) in [6.07, 6.45) is -0.647. The first-order valence-corrected chi connectivity index (χ1v) is 12.7. The third kappa shape index (κ3) is 4.15. The Bertz CT molecular complexity index is 886. The quantitative estimate of drug-likeness (QED) is 0.367. The zero-order valence-electron chi connectivity index (χ0n) is 15.9. The van der Waals surface area contributed by atoms with Gasteiger partial charge in [-0.3, -0.25) is 0 Å². The fraction of sp³-hybridized carbons (Fsp3) is 0.250. The van der Waals surface area contributed by atoms with Crippen LogP contribution >= 0.6 is 5.74 Å². The summed E-state index contributed by atoms with van der Waals surface area (Å²) < 4.78 is 15.5. The topological polar surface area (TPSA) is 82.1 Å². The van der Waals surface area contributed by atoms with Crippen LogP contribution in [0.4, 0.5) is 4.79 Å². The third-order valence-corrected chi connectivity index (χ3v) is 10.2. The fourth-order valence-corrected chi connectivity index (χ4v) is 7.01. The van der Waals surface area contributed by atoms with Gasteiger partial charge in [0.05, 0.1) is 0 Å². The van der Waals surface area contributed by atoms with Crippen molar-refractivity contribution in [3.8, 4) is 0 Å². The van der Waals surface area contributed by atoms with Gasteiger partial charge in [-0.25, -0.2) is 0 Å². The molecule has 0 spiro atoms. The molecule has 1 saturated heterocycles. The number of hydrogen-bond donors (Lipinski definition) is 0. The number of amides is 1. The van der Waals surface area contributed by atoms with Crippen molar-refractivity contribution in [3.05, 3.63) is 60.7 Å². The third-order valence-electron chi connectivity index (χ3n) is 4.67. The number of likely N-dealkylation sites (tertiary alicyclic amines) is 1. The van der Waals surface area contributed by atoms with Gasteiger partial charge >= 0.3 is 176 Å². The second kappa shape index (κ2) is 8.95. The Kier molecular flexibility index (Phi) is 6.58. The molecule has 0 radical (unpaired) electrons. The van der Waals surface area contributed by atoms with E-state index in [9.17, 15) is 14.4 Å². The van der Waals surface area contributed by atoms with Crippen molar-refractivity contribution in [2.75, 3.05) is 14.2 Å². The molecule has 2 aromatic rings. The SMILES string of the molecule is COC(=O)[C@H]1C[C@H](C(=O)OC)N1C(=O)OP(=[Se])(c1ccccc1)c1ccccc1. The minimum atomic E-state index is -2.71. The summed E-state index contributed by atoms with van der Waals surface area (Å²) in [5.74, 6) is -1.21. The van der Waals surface area contributed by atoms with Gasteiger partial charge in [0.25, 0.3) is 0 Å². The van der Waals surface area contributed by atoms with Gasteiger partial charge in [-0.1, -0.05) is 0 Å². The average Bonchev–Trinajstić information content (AvgIpc) is 2.73. The molecule has 0 bridgehead atoms. The predicted molar refractivity (Wildman–Crippen MR) is 109 cm³/mol. The summed E-state index contributed by atoms with van der Waals surface area (Å²) in [7, 11) is 2.46. The van der Waals surface area contributed by atoms with Crippen molar-refractivity contribution in [2.24, 2.45) is 0 Å². The van der Waals surface area contributed by atoms with Gasteiger partial charge in [0.15, 0.2) is 0 Å². The number of ether oxygens (including phenoxy) is 2. The first-order valence-electron chi connectivity index (χ1n) is 8.81. The molecule has 0 aliphatic carbocycles. The summed E-state index contributed by atoms with van der Waals surface area (Å²) in [6.45, 7) is 0. The maximum absolute atomic E-state index is 13.1. The van der Waals surface area contributed by atoms with Crippen molar-refractivity contribution >= 4 is 49.5 Å². The average molecular weight is 480 g/mol. The van der Waals surface area contributed by atoms with Crippen molar-refractivity contribution in [2.45, 2.75) is 18.5 Å². The standard InChI is InChI=1S/C20H20NO6PSe/c1-25-18(22)16-13-17(19(23)26-2)21(16)20(24)27-28(29,14-9-5-3-6-10-14)15-11-7-4-8-12-15/h3-12,16-17H,13H2,1-2H3/t16-,17-/m1/s1. The Labute approximate surface area is 176 Å². The molecule has 2 aromatic carbocycles. The monoisotopic (exact) mass is 481 g/mol. The van der Waals surface area contributed by atoms with Crippen LogP contribution in [-0.2, 0) is 23.6 Å². The van der Waals surface area contributed by atoms with Crippen LogP contribution in [0, 0.1) is 0 Å². The van der Waals surface area contributed by atoms with Crippen LogP contribution in [-0.4, -0.2) is 64.3 Å². The number of carbonyl (C=O) groups excluding carboxylic acids is 3. The summed E-state index contributed by atoms with van der Waals surface area (Å²) >= 11 is 3.08. The number of benzene rings is 2. The molecule has 29 heavy (non-hydrogen) atoms. The van der Waals surface area contributed by atoms with E-state index in [2.05, 4.69) is 15.1 Å². The molecule has 7 nitrogen and oxygen atoms in total. The molecular weight excluding hydrogens is 460 g/mol. The maximum atomic E-state index is 13.1.